The molecular formula is C9H11BrFN3. The molecule has 0 saturated carbocycles. The van der Waals surface area contributed by atoms with Gasteiger partial charge in [-0.25, -0.2) is 14.4 Å². The molecule has 5 heteroatoms. The van der Waals surface area contributed by atoms with Crippen molar-refractivity contribution in [3.8, 4) is 0 Å². The Morgan fingerprint density at radius 2 is 2.21 bits per heavy atom. The highest BCUT2D eigenvalue weighted by Crippen LogP contribution is 2.22. The van der Waals surface area contributed by atoms with Gasteiger partial charge in [0, 0.05) is 17.9 Å². The van der Waals surface area contributed by atoms with Crippen molar-refractivity contribution < 1.29 is 4.39 Å². The highest BCUT2D eigenvalue weighted by Gasteiger charge is 2.25. The molecule has 1 unspecified atom stereocenters. The van der Waals surface area contributed by atoms with E-state index in [0.717, 1.165) is 24.7 Å². The van der Waals surface area contributed by atoms with E-state index in [-0.39, 0.29) is 5.82 Å². The minimum absolute atomic E-state index is 0.386. The summed E-state index contributed by atoms with van der Waals surface area (Å²) in [5.41, 5.74) is 0. The second-order valence-electron chi connectivity index (χ2n) is 3.35. The SMILES string of the molecule is Fc1cnc(N2CCCC2CBr)nc1. The molecule has 0 bridgehead atoms. The van der Waals surface area contributed by atoms with Crippen molar-refractivity contribution >= 4 is 21.9 Å². The molecule has 0 radical (unpaired) electrons. The van der Waals surface area contributed by atoms with Gasteiger partial charge in [0.05, 0.1) is 12.4 Å². The van der Waals surface area contributed by atoms with Crippen LogP contribution in [0.4, 0.5) is 10.3 Å². The van der Waals surface area contributed by atoms with Crippen molar-refractivity contribution in [2.45, 2.75) is 18.9 Å². The lowest BCUT2D eigenvalue weighted by atomic mass is 10.2. The van der Waals surface area contributed by atoms with Gasteiger partial charge in [-0.3, -0.25) is 0 Å². The van der Waals surface area contributed by atoms with Gasteiger partial charge in [-0.05, 0) is 12.8 Å². The van der Waals surface area contributed by atoms with E-state index in [0.29, 0.717) is 12.0 Å². The standard InChI is InChI=1S/C9H11BrFN3/c10-4-8-2-1-3-14(8)9-12-5-7(11)6-13-9/h5-6,8H,1-4H2. The molecule has 3 nitrogen and oxygen atoms in total. The maximum Gasteiger partial charge on any atom is 0.225 e. The van der Waals surface area contributed by atoms with E-state index in [9.17, 15) is 4.39 Å². The van der Waals surface area contributed by atoms with Crippen LogP contribution in [0.25, 0.3) is 0 Å². The first kappa shape index (κ1) is 9.83. The summed E-state index contributed by atoms with van der Waals surface area (Å²) in [5, 5.41) is 0.910. The molecule has 76 valence electrons. The van der Waals surface area contributed by atoms with Crippen molar-refractivity contribution in [2.24, 2.45) is 0 Å². The van der Waals surface area contributed by atoms with Crippen molar-refractivity contribution in [1.82, 2.24) is 9.97 Å². The Morgan fingerprint density at radius 1 is 1.50 bits per heavy atom. The largest absolute Gasteiger partial charge is 0.337 e. The normalized spacial score (nSPS) is 21.6. The summed E-state index contributed by atoms with van der Waals surface area (Å²) in [6, 6.07) is 0.445. The van der Waals surface area contributed by atoms with E-state index in [1.807, 2.05) is 0 Å². The number of hydrogen-bond acceptors (Lipinski definition) is 3. The summed E-state index contributed by atoms with van der Waals surface area (Å²) < 4.78 is 12.6. The summed E-state index contributed by atoms with van der Waals surface area (Å²) in [5.74, 6) is 0.247. The van der Waals surface area contributed by atoms with Crippen LogP contribution in [0.3, 0.4) is 0 Å². The molecule has 1 atom stereocenters. The molecule has 1 aliphatic heterocycles. The van der Waals surface area contributed by atoms with Gasteiger partial charge < -0.3 is 4.90 Å². The van der Waals surface area contributed by atoms with E-state index in [4.69, 9.17) is 0 Å². The van der Waals surface area contributed by atoms with Crippen molar-refractivity contribution in [3.63, 3.8) is 0 Å². The van der Waals surface area contributed by atoms with Crippen LogP contribution in [0, 0.1) is 5.82 Å². The maximum atomic E-state index is 12.6. The molecule has 1 saturated heterocycles. The lowest BCUT2D eigenvalue weighted by Crippen LogP contribution is -2.31. The number of halogens is 2. The van der Waals surface area contributed by atoms with Gasteiger partial charge in [-0.15, -0.1) is 0 Å². The van der Waals surface area contributed by atoms with Crippen LogP contribution in [0.15, 0.2) is 12.4 Å². The predicted octanol–water partition coefficient (Wildman–Crippen LogP) is 1.98. The second kappa shape index (κ2) is 4.21. The smallest absolute Gasteiger partial charge is 0.225 e. The fourth-order valence-corrected chi connectivity index (χ4v) is 2.39. The van der Waals surface area contributed by atoms with Crippen molar-refractivity contribution in [2.75, 3.05) is 16.8 Å². The molecule has 1 aromatic rings. The first-order chi connectivity index (χ1) is 6.81. The summed E-state index contributed by atoms with van der Waals surface area (Å²) >= 11 is 3.46. The number of anilines is 1. The Hall–Kier alpha value is -0.710. The Kier molecular flexibility index (Phi) is 2.96. The summed E-state index contributed by atoms with van der Waals surface area (Å²) in [7, 11) is 0. The zero-order valence-corrected chi connectivity index (χ0v) is 9.24. The van der Waals surface area contributed by atoms with Crippen molar-refractivity contribution in [3.05, 3.63) is 18.2 Å². The zero-order valence-electron chi connectivity index (χ0n) is 7.66. The molecule has 1 aliphatic rings. The Morgan fingerprint density at radius 3 is 2.86 bits per heavy atom. The van der Waals surface area contributed by atoms with Crippen LogP contribution in [0.2, 0.25) is 0 Å². The van der Waals surface area contributed by atoms with Gasteiger partial charge in [0.15, 0.2) is 5.82 Å². The first-order valence-corrected chi connectivity index (χ1v) is 5.73. The Balaban J connectivity index is 2.17. The average Bonchev–Trinajstić information content (AvgIpc) is 2.67. The van der Waals surface area contributed by atoms with Crippen LogP contribution in [0.5, 0.6) is 0 Å². The first-order valence-electron chi connectivity index (χ1n) is 4.61. The third-order valence-corrected chi connectivity index (χ3v) is 3.17. The summed E-state index contributed by atoms with van der Waals surface area (Å²) in [6.45, 7) is 0.960. The third kappa shape index (κ3) is 1.87. The van der Waals surface area contributed by atoms with Crippen molar-refractivity contribution in [1.29, 1.82) is 0 Å². The molecule has 0 aromatic carbocycles. The predicted molar refractivity (Wildman–Crippen MR) is 56.2 cm³/mol. The molecule has 0 spiro atoms. The lowest BCUT2D eigenvalue weighted by Gasteiger charge is -2.22. The highest BCUT2D eigenvalue weighted by atomic mass is 79.9. The third-order valence-electron chi connectivity index (χ3n) is 2.42. The number of nitrogens with zero attached hydrogens (tertiary/aromatic N) is 3. The van der Waals surface area contributed by atoms with E-state index >= 15 is 0 Å². The van der Waals surface area contributed by atoms with Crippen LogP contribution in [-0.4, -0.2) is 27.9 Å². The van der Waals surface area contributed by atoms with E-state index < -0.39 is 0 Å². The van der Waals surface area contributed by atoms with Gasteiger partial charge in [-0.2, -0.15) is 0 Å². The monoisotopic (exact) mass is 259 g/mol. The number of hydrogen-bond donors (Lipinski definition) is 0. The summed E-state index contributed by atoms with van der Waals surface area (Å²) in [6.07, 6.45) is 4.72. The average molecular weight is 260 g/mol. The molecule has 2 rings (SSSR count). The molecule has 1 aromatic heterocycles. The van der Waals surface area contributed by atoms with Crippen LogP contribution in [-0.2, 0) is 0 Å². The molecule has 0 amide bonds. The molecule has 1 fully saturated rings. The minimum Gasteiger partial charge on any atom is -0.337 e. The number of rotatable bonds is 2. The highest BCUT2D eigenvalue weighted by molar-refractivity contribution is 9.09. The van der Waals surface area contributed by atoms with Gasteiger partial charge in [0.25, 0.3) is 0 Å². The molecular weight excluding hydrogens is 249 g/mol. The Labute approximate surface area is 90.5 Å². The van der Waals surface area contributed by atoms with Crippen LogP contribution in [0.1, 0.15) is 12.8 Å². The maximum absolute atomic E-state index is 12.6. The van der Waals surface area contributed by atoms with E-state index in [2.05, 4.69) is 30.8 Å². The molecule has 14 heavy (non-hydrogen) atoms. The fourth-order valence-electron chi connectivity index (χ4n) is 1.71. The number of aromatic nitrogens is 2. The van der Waals surface area contributed by atoms with Gasteiger partial charge in [-0.1, -0.05) is 15.9 Å². The fraction of sp³-hybridized carbons (Fsp3) is 0.556. The zero-order chi connectivity index (χ0) is 9.97. The lowest BCUT2D eigenvalue weighted by molar-refractivity contribution is 0.610. The van der Waals surface area contributed by atoms with Gasteiger partial charge >= 0.3 is 0 Å². The molecule has 2 heterocycles. The minimum atomic E-state index is -0.386. The quantitative estimate of drug-likeness (QED) is 0.761. The topological polar surface area (TPSA) is 29.0 Å². The van der Waals surface area contributed by atoms with Crippen LogP contribution < -0.4 is 4.90 Å². The molecule has 0 aliphatic carbocycles. The summed E-state index contributed by atoms with van der Waals surface area (Å²) in [4.78, 5) is 10.1. The molecule has 0 N–H and O–H groups in total. The van der Waals surface area contributed by atoms with Gasteiger partial charge in [0.2, 0.25) is 5.95 Å². The second-order valence-corrected chi connectivity index (χ2v) is 3.99. The van der Waals surface area contributed by atoms with Crippen LogP contribution >= 0.6 is 15.9 Å². The Bertz CT molecular complexity index is 303. The number of alkyl halides is 1. The van der Waals surface area contributed by atoms with E-state index in [1.54, 1.807) is 0 Å². The van der Waals surface area contributed by atoms with Gasteiger partial charge in [0.1, 0.15) is 0 Å². The van der Waals surface area contributed by atoms with E-state index in [1.165, 1.54) is 12.4 Å².